The molecule has 0 radical (unpaired) electrons. The van der Waals surface area contributed by atoms with Crippen molar-refractivity contribution in [2.24, 2.45) is 0 Å². The number of nitrogens with one attached hydrogen (secondary N) is 1. The average molecular weight is 299 g/mol. The van der Waals surface area contributed by atoms with E-state index in [1.165, 1.54) is 12.1 Å². The lowest BCUT2D eigenvalue weighted by Gasteiger charge is -2.33. The van der Waals surface area contributed by atoms with Gasteiger partial charge in [-0.05, 0) is 18.6 Å². The van der Waals surface area contributed by atoms with Gasteiger partial charge in [-0.1, -0.05) is 24.6 Å². The average Bonchev–Trinajstić information content (AvgIpc) is 2.40. The molecule has 0 spiro atoms. The van der Waals surface area contributed by atoms with Crippen LogP contribution < -0.4 is 5.32 Å². The smallest absolute Gasteiger partial charge is 0.256 e. The van der Waals surface area contributed by atoms with E-state index in [0.717, 1.165) is 11.0 Å². The maximum atomic E-state index is 13.4. The van der Waals surface area contributed by atoms with Gasteiger partial charge in [0.1, 0.15) is 18.4 Å². The number of amides is 3. The Morgan fingerprint density at radius 1 is 1.50 bits per heavy atom. The van der Waals surface area contributed by atoms with E-state index in [1.54, 1.807) is 6.92 Å². The molecule has 1 N–H and O–H groups in total. The minimum atomic E-state index is -0.764. The zero-order valence-electron chi connectivity index (χ0n) is 10.7. The number of hydrogen-bond acceptors (Lipinski definition) is 3. The molecular formula is C13H12ClFN2O3. The van der Waals surface area contributed by atoms with Crippen molar-refractivity contribution in [1.29, 1.82) is 0 Å². The van der Waals surface area contributed by atoms with E-state index in [-0.39, 0.29) is 17.1 Å². The van der Waals surface area contributed by atoms with Crippen LogP contribution in [0.25, 0.3) is 0 Å². The summed E-state index contributed by atoms with van der Waals surface area (Å²) in [6.45, 7) is 1.46. The second-order valence-corrected chi connectivity index (χ2v) is 4.75. The van der Waals surface area contributed by atoms with Gasteiger partial charge in [-0.15, -0.1) is 0 Å². The van der Waals surface area contributed by atoms with Gasteiger partial charge in [0.25, 0.3) is 5.91 Å². The molecule has 106 valence electrons. The van der Waals surface area contributed by atoms with Gasteiger partial charge in [0, 0.05) is 0 Å². The van der Waals surface area contributed by atoms with Crippen molar-refractivity contribution in [2.45, 2.75) is 19.4 Å². The summed E-state index contributed by atoms with van der Waals surface area (Å²) in [5.74, 6) is -2.46. The molecule has 1 aromatic carbocycles. The van der Waals surface area contributed by atoms with E-state index in [9.17, 15) is 18.8 Å². The lowest BCUT2D eigenvalue weighted by molar-refractivity contribution is -0.138. The Bertz CT molecular complexity index is 591. The Hall–Kier alpha value is -1.95. The molecule has 1 aliphatic heterocycles. The summed E-state index contributed by atoms with van der Waals surface area (Å²) in [4.78, 5) is 36.6. The number of carbonyl (C=O) groups excluding carboxylic acids is 3. The predicted molar refractivity (Wildman–Crippen MR) is 69.7 cm³/mol. The van der Waals surface area contributed by atoms with Crippen LogP contribution in [0.15, 0.2) is 18.2 Å². The molecule has 2 rings (SSSR count). The zero-order valence-corrected chi connectivity index (χ0v) is 11.4. The van der Waals surface area contributed by atoms with Gasteiger partial charge in [0.15, 0.2) is 0 Å². The van der Waals surface area contributed by atoms with Crippen molar-refractivity contribution in [1.82, 2.24) is 10.2 Å². The number of hydrogen-bond donors (Lipinski definition) is 1. The lowest BCUT2D eigenvalue weighted by atomic mass is 10.1. The Morgan fingerprint density at radius 2 is 2.20 bits per heavy atom. The highest BCUT2D eigenvalue weighted by Gasteiger charge is 2.36. The molecule has 1 saturated heterocycles. The summed E-state index contributed by atoms with van der Waals surface area (Å²) in [6.07, 6.45) is 0.345. The normalized spacial score (nSPS) is 18.9. The molecule has 1 aliphatic rings. The number of carbonyl (C=O) groups is 3. The first-order valence-electron chi connectivity index (χ1n) is 6.04. The van der Waals surface area contributed by atoms with Gasteiger partial charge in [-0.3, -0.25) is 19.7 Å². The largest absolute Gasteiger partial charge is 0.317 e. The Kier molecular flexibility index (Phi) is 4.04. The van der Waals surface area contributed by atoms with Crippen LogP contribution in [0.3, 0.4) is 0 Å². The molecule has 3 amide bonds. The van der Waals surface area contributed by atoms with Crippen LogP contribution in [0, 0.1) is 5.82 Å². The molecule has 1 fully saturated rings. The molecule has 7 heteroatoms. The van der Waals surface area contributed by atoms with Gasteiger partial charge in [0.2, 0.25) is 11.8 Å². The first-order valence-corrected chi connectivity index (χ1v) is 6.42. The topological polar surface area (TPSA) is 66.5 Å². The quantitative estimate of drug-likeness (QED) is 0.838. The zero-order chi connectivity index (χ0) is 14.9. The van der Waals surface area contributed by atoms with Crippen LogP contribution in [0.2, 0.25) is 5.02 Å². The molecule has 0 saturated carbocycles. The summed E-state index contributed by atoms with van der Waals surface area (Å²) in [7, 11) is 0. The van der Waals surface area contributed by atoms with Crippen molar-refractivity contribution < 1.29 is 18.8 Å². The molecule has 0 aromatic heterocycles. The van der Waals surface area contributed by atoms with Crippen LogP contribution in [0.4, 0.5) is 4.39 Å². The molecule has 1 unspecified atom stereocenters. The Balaban J connectivity index is 2.37. The maximum absolute atomic E-state index is 13.4. The molecule has 0 aliphatic carbocycles. The number of halogens is 2. The highest BCUT2D eigenvalue weighted by Crippen LogP contribution is 2.23. The summed E-state index contributed by atoms with van der Waals surface area (Å²) in [5.41, 5.74) is -0.0624. The lowest BCUT2D eigenvalue weighted by Crippen LogP contribution is -2.59. The highest BCUT2D eigenvalue weighted by atomic mass is 35.5. The van der Waals surface area contributed by atoms with Gasteiger partial charge in [0.05, 0.1) is 10.6 Å². The second kappa shape index (κ2) is 5.58. The molecule has 5 nitrogen and oxygen atoms in total. The summed E-state index contributed by atoms with van der Waals surface area (Å²) >= 11 is 5.76. The second-order valence-electron chi connectivity index (χ2n) is 4.37. The molecule has 1 heterocycles. The van der Waals surface area contributed by atoms with Crippen LogP contribution in [-0.2, 0) is 9.59 Å². The minimum Gasteiger partial charge on any atom is -0.317 e. The molecule has 1 aromatic rings. The minimum absolute atomic E-state index is 0.0624. The van der Waals surface area contributed by atoms with E-state index in [2.05, 4.69) is 5.32 Å². The van der Waals surface area contributed by atoms with Gasteiger partial charge < -0.3 is 4.90 Å². The predicted octanol–water partition coefficient (Wildman–Crippen LogP) is 1.36. The number of rotatable bonds is 2. The SMILES string of the molecule is CCC1C(=O)NC(=O)CN1C(=O)c1cccc(F)c1Cl. The van der Waals surface area contributed by atoms with Crippen molar-refractivity contribution in [3.8, 4) is 0 Å². The van der Waals surface area contributed by atoms with Crippen LogP contribution >= 0.6 is 11.6 Å². The van der Waals surface area contributed by atoms with Crippen LogP contribution in [-0.4, -0.2) is 35.2 Å². The van der Waals surface area contributed by atoms with Crippen molar-refractivity contribution in [3.05, 3.63) is 34.6 Å². The number of nitrogens with zero attached hydrogens (tertiary/aromatic N) is 1. The molecular weight excluding hydrogens is 287 g/mol. The third-order valence-corrected chi connectivity index (χ3v) is 3.47. The number of imide groups is 1. The van der Waals surface area contributed by atoms with E-state index >= 15 is 0 Å². The standard InChI is InChI=1S/C13H12ClFN2O3/c1-2-9-12(19)16-10(18)6-17(9)13(20)7-4-3-5-8(15)11(7)14/h3-5,9H,2,6H2,1H3,(H,16,18,19). The third-order valence-electron chi connectivity index (χ3n) is 3.09. The first kappa shape index (κ1) is 14.5. The fourth-order valence-electron chi connectivity index (χ4n) is 2.11. The fourth-order valence-corrected chi connectivity index (χ4v) is 2.32. The van der Waals surface area contributed by atoms with Gasteiger partial charge in [-0.2, -0.15) is 0 Å². The van der Waals surface area contributed by atoms with Gasteiger partial charge >= 0.3 is 0 Å². The monoisotopic (exact) mass is 298 g/mol. The summed E-state index contributed by atoms with van der Waals surface area (Å²) in [6, 6.07) is 3.07. The molecule has 20 heavy (non-hydrogen) atoms. The maximum Gasteiger partial charge on any atom is 0.256 e. The first-order chi connectivity index (χ1) is 9.45. The third kappa shape index (κ3) is 2.51. The number of benzene rings is 1. The fraction of sp³-hybridized carbons (Fsp3) is 0.308. The van der Waals surface area contributed by atoms with E-state index < -0.39 is 29.6 Å². The summed E-state index contributed by atoms with van der Waals surface area (Å²) in [5, 5.41) is 1.85. The summed E-state index contributed by atoms with van der Waals surface area (Å²) < 4.78 is 13.4. The van der Waals surface area contributed by atoms with Crippen LogP contribution in [0.5, 0.6) is 0 Å². The van der Waals surface area contributed by atoms with E-state index in [4.69, 9.17) is 11.6 Å². The van der Waals surface area contributed by atoms with Gasteiger partial charge in [-0.25, -0.2) is 4.39 Å². The Labute approximate surface area is 119 Å². The highest BCUT2D eigenvalue weighted by molar-refractivity contribution is 6.34. The number of piperazine rings is 1. The van der Waals surface area contributed by atoms with Crippen molar-refractivity contribution >= 4 is 29.3 Å². The molecule has 1 atom stereocenters. The van der Waals surface area contributed by atoms with E-state index in [1.807, 2.05) is 0 Å². The van der Waals surface area contributed by atoms with Crippen molar-refractivity contribution in [3.63, 3.8) is 0 Å². The van der Waals surface area contributed by atoms with E-state index in [0.29, 0.717) is 6.42 Å². The molecule has 0 bridgehead atoms. The van der Waals surface area contributed by atoms with Crippen LogP contribution in [0.1, 0.15) is 23.7 Å². The van der Waals surface area contributed by atoms with Crippen molar-refractivity contribution in [2.75, 3.05) is 6.54 Å². The Morgan fingerprint density at radius 3 is 2.85 bits per heavy atom.